The third-order valence-electron chi connectivity index (χ3n) is 3.29. The van der Waals surface area contributed by atoms with Crippen LogP contribution in [0.15, 0.2) is 30.3 Å². The van der Waals surface area contributed by atoms with Gasteiger partial charge in [-0.2, -0.15) is 0 Å². The van der Waals surface area contributed by atoms with Crippen molar-refractivity contribution in [2.45, 2.75) is 45.6 Å². The van der Waals surface area contributed by atoms with Gasteiger partial charge in [0.2, 0.25) is 0 Å². The Morgan fingerprint density at radius 1 is 1.20 bits per heavy atom. The first-order valence-corrected chi connectivity index (χ1v) is 5.95. The van der Waals surface area contributed by atoms with Gasteiger partial charge in [0.25, 0.3) is 0 Å². The van der Waals surface area contributed by atoms with E-state index in [4.69, 9.17) is 5.73 Å². The Kier molecular flexibility index (Phi) is 4.34. The first kappa shape index (κ1) is 12.3. The first-order valence-electron chi connectivity index (χ1n) is 5.95. The van der Waals surface area contributed by atoms with E-state index in [1.165, 1.54) is 18.4 Å². The molecule has 1 aromatic carbocycles. The second-order valence-corrected chi connectivity index (χ2v) is 4.66. The number of unbranched alkanes of at least 4 members (excludes halogenated alkanes) is 1. The molecular weight excluding hydrogens is 182 g/mol. The molecule has 1 rings (SSSR count). The van der Waals surface area contributed by atoms with Crippen LogP contribution in [0.4, 0.5) is 0 Å². The van der Waals surface area contributed by atoms with E-state index in [2.05, 4.69) is 45.0 Å². The number of benzene rings is 1. The quantitative estimate of drug-likeness (QED) is 0.779. The summed E-state index contributed by atoms with van der Waals surface area (Å²) in [6.07, 6.45) is 3.48. The molecule has 0 aromatic heterocycles. The van der Waals surface area contributed by atoms with Crippen LogP contribution in [-0.2, 0) is 5.54 Å². The number of hydrogen-bond acceptors (Lipinski definition) is 1. The third kappa shape index (κ3) is 2.82. The van der Waals surface area contributed by atoms with Crippen molar-refractivity contribution in [2.24, 2.45) is 11.7 Å². The molecule has 0 saturated carbocycles. The fraction of sp³-hybridized carbons (Fsp3) is 0.571. The van der Waals surface area contributed by atoms with E-state index < -0.39 is 0 Å². The first-order chi connectivity index (χ1) is 7.11. The molecule has 0 spiro atoms. The maximum atomic E-state index is 6.55. The molecule has 0 unspecified atom stereocenters. The van der Waals surface area contributed by atoms with Crippen molar-refractivity contribution in [2.75, 3.05) is 0 Å². The van der Waals surface area contributed by atoms with Gasteiger partial charge in [-0.25, -0.2) is 0 Å². The monoisotopic (exact) mass is 205 g/mol. The predicted octanol–water partition coefficient (Wildman–Crippen LogP) is 3.69. The summed E-state index contributed by atoms with van der Waals surface area (Å²) in [5, 5.41) is 0. The zero-order chi connectivity index (χ0) is 11.3. The second kappa shape index (κ2) is 5.32. The van der Waals surface area contributed by atoms with Crippen LogP contribution >= 0.6 is 0 Å². The number of hydrogen-bond donors (Lipinski definition) is 1. The molecule has 84 valence electrons. The van der Waals surface area contributed by atoms with E-state index in [0.717, 1.165) is 6.42 Å². The highest BCUT2D eigenvalue weighted by Crippen LogP contribution is 2.31. The van der Waals surface area contributed by atoms with Crippen molar-refractivity contribution in [3.05, 3.63) is 35.9 Å². The largest absolute Gasteiger partial charge is 0.321 e. The van der Waals surface area contributed by atoms with Gasteiger partial charge in [0, 0.05) is 5.54 Å². The normalized spacial score (nSPS) is 15.3. The van der Waals surface area contributed by atoms with Gasteiger partial charge in [0.15, 0.2) is 0 Å². The molecule has 1 heteroatoms. The molecule has 0 heterocycles. The highest BCUT2D eigenvalue weighted by atomic mass is 14.8. The maximum Gasteiger partial charge on any atom is 0.0432 e. The minimum atomic E-state index is -0.155. The van der Waals surface area contributed by atoms with E-state index in [0.29, 0.717) is 5.92 Å². The molecule has 2 N–H and O–H groups in total. The molecule has 1 aromatic rings. The predicted molar refractivity (Wildman–Crippen MR) is 66.7 cm³/mol. The van der Waals surface area contributed by atoms with E-state index in [-0.39, 0.29) is 5.54 Å². The van der Waals surface area contributed by atoms with E-state index in [1.54, 1.807) is 0 Å². The third-order valence-corrected chi connectivity index (χ3v) is 3.29. The molecule has 0 radical (unpaired) electrons. The van der Waals surface area contributed by atoms with Gasteiger partial charge in [0.05, 0.1) is 0 Å². The zero-order valence-corrected chi connectivity index (χ0v) is 10.2. The van der Waals surface area contributed by atoms with Crippen molar-refractivity contribution >= 4 is 0 Å². The highest BCUT2D eigenvalue weighted by Gasteiger charge is 2.29. The van der Waals surface area contributed by atoms with Crippen LogP contribution in [0.2, 0.25) is 0 Å². The van der Waals surface area contributed by atoms with Crippen molar-refractivity contribution < 1.29 is 0 Å². The van der Waals surface area contributed by atoms with Gasteiger partial charge < -0.3 is 5.73 Å². The molecule has 0 bridgehead atoms. The zero-order valence-electron chi connectivity index (χ0n) is 10.2. The Balaban J connectivity index is 2.91. The summed E-state index contributed by atoms with van der Waals surface area (Å²) < 4.78 is 0. The van der Waals surface area contributed by atoms with E-state index in [1.807, 2.05) is 6.07 Å². The lowest BCUT2D eigenvalue weighted by atomic mass is 9.77. The van der Waals surface area contributed by atoms with E-state index in [9.17, 15) is 0 Å². The molecule has 1 atom stereocenters. The molecule has 1 nitrogen and oxygen atoms in total. The lowest BCUT2D eigenvalue weighted by Crippen LogP contribution is -2.41. The molecule has 0 fully saturated rings. The summed E-state index contributed by atoms with van der Waals surface area (Å²) in [7, 11) is 0. The van der Waals surface area contributed by atoms with Crippen LogP contribution in [0.25, 0.3) is 0 Å². The summed E-state index contributed by atoms with van der Waals surface area (Å²) in [6.45, 7) is 6.64. The highest BCUT2D eigenvalue weighted by molar-refractivity contribution is 5.24. The molecular formula is C14H23N. The fourth-order valence-electron chi connectivity index (χ4n) is 1.98. The minimum absolute atomic E-state index is 0.155. The van der Waals surface area contributed by atoms with Crippen LogP contribution in [0, 0.1) is 5.92 Å². The van der Waals surface area contributed by atoms with Crippen LogP contribution < -0.4 is 5.73 Å². The summed E-state index contributed by atoms with van der Waals surface area (Å²) in [5.41, 5.74) is 7.66. The van der Waals surface area contributed by atoms with Crippen molar-refractivity contribution in [1.82, 2.24) is 0 Å². The average Bonchev–Trinajstić information content (AvgIpc) is 2.27. The summed E-state index contributed by atoms with van der Waals surface area (Å²) in [4.78, 5) is 0. The molecule has 15 heavy (non-hydrogen) atoms. The lowest BCUT2D eigenvalue weighted by Gasteiger charge is -2.34. The fourth-order valence-corrected chi connectivity index (χ4v) is 1.98. The van der Waals surface area contributed by atoms with Crippen molar-refractivity contribution in [1.29, 1.82) is 0 Å². The summed E-state index contributed by atoms with van der Waals surface area (Å²) in [6, 6.07) is 10.5. The Hall–Kier alpha value is -0.820. The molecule has 0 aliphatic heterocycles. The Labute approximate surface area is 93.7 Å². The molecule has 0 saturated heterocycles. The minimum Gasteiger partial charge on any atom is -0.321 e. The lowest BCUT2D eigenvalue weighted by molar-refractivity contribution is 0.286. The SMILES string of the molecule is CCCC[C@](N)(c1ccccc1)C(C)C. The second-order valence-electron chi connectivity index (χ2n) is 4.66. The molecule has 0 aliphatic rings. The van der Waals surface area contributed by atoms with Gasteiger partial charge in [-0.05, 0) is 17.9 Å². The Bertz CT molecular complexity index is 279. The van der Waals surface area contributed by atoms with Crippen LogP contribution in [-0.4, -0.2) is 0 Å². The van der Waals surface area contributed by atoms with Gasteiger partial charge in [0.1, 0.15) is 0 Å². The summed E-state index contributed by atoms with van der Waals surface area (Å²) in [5.74, 6) is 0.478. The smallest absolute Gasteiger partial charge is 0.0432 e. The molecule has 0 amide bonds. The van der Waals surface area contributed by atoms with Gasteiger partial charge >= 0.3 is 0 Å². The van der Waals surface area contributed by atoms with Gasteiger partial charge in [-0.15, -0.1) is 0 Å². The van der Waals surface area contributed by atoms with Crippen LogP contribution in [0.1, 0.15) is 45.6 Å². The number of nitrogens with two attached hydrogens (primary N) is 1. The average molecular weight is 205 g/mol. The number of rotatable bonds is 5. The topological polar surface area (TPSA) is 26.0 Å². The van der Waals surface area contributed by atoms with Gasteiger partial charge in [-0.1, -0.05) is 63.9 Å². The van der Waals surface area contributed by atoms with Crippen molar-refractivity contribution in [3.8, 4) is 0 Å². The standard InChI is InChI=1S/C14H23N/c1-4-5-11-14(15,12(2)3)13-9-7-6-8-10-13/h6-10,12H,4-5,11,15H2,1-3H3/t14-/m1/s1. The van der Waals surface area contributed by atoms with Crippen molar-refractivity contribution in [3.63, 3.8) is 0 Å². The van der Waals surface area contributed by atoms with Gasteiger partial charge in [-0.3, -0.25) is 0 Å². The summed E-state index contributed by atoms with van der Waals surface area (Å²) >= 11 is 0. The Morgan fingerprint density at radius 3 is 2.27 bits per heavy atom. The maximum absolute atomic E-state index is 6.55. The molecule has 0 aliphatic carbocycles. The Morgan fingerprint density at radius 2 is 1.80 bits per heavy atom. The van der Waals surface area contributed by atoms with Crippen LogP contribution in [0.3, 0.4) is 0 Å². The van der Waals surface area contributed by atoms with Crippen LogP contribution in [0.5, 0.6) is 0 Å². The van der Waals surface area contributed by atoms with E-state index >= 15 is 0 Å².